The van der Waals surface area contributed by atoms with Crippen molar-refractivity contribution in [2.24, 2.45) is 0 Å². The van der Waals surface area contributed by atoms with Gasteiger partial charge in [-0.15, -0.1) is 0 Å². The van der Waals surface area contributed by atoms with Gasteiger partial charge in [0.1, 0.15) is 0 Å². The minimum atomic E-state index is 0.484. The molecule has 2 heteroatoms. The maximum atomic E-state index is 6.25. The lowest BCUT2D eigenvalue weighted by molar-refractivity contribution is 0.497. The van der Waals surface area contributed by atoms with Gasteiger partial charge in [-0.2, -0.15) is 0 Å². The van der Waals surface area contributed by atoms with Crippen LogP contribution in [0.1, 0.15) is 35.6 Å². The first kappa shape index (κ1) is 13.7. The van der Waals surface area contributed by atoms with Gasteiger partial charge in [-0.1, -0.05) is 35.9 Å². The zero-order valence-electron chi connectivity index (χ0n) is 12.0. The first-order chi connectivity index (χ1) is 9.70. The van der Waals surface area contributed by atoms with Crippen LogP contribution in [0.4, 0.5) is 0 Å². The Kier molecular flexibility index (Phi) is 3.82. The van der Waals surface area contributed by atoms with E-state index in [1.54, 1.807) is 0 Å². The number of aryl methyl sites for hydroxylation is 1. The summed E-state index contributed by atoms with van der Waals surface area (Å²) in [6, 6.07) is 13.5. The largest absolute Gasteiger partial charge is 0.313 e. The van der Waals surface area contributed by atoms with Crippen molar-refractivity contribution >= 4 is 11.6 Å². The van der Waals surface area contributed by atoms with Crippen molar-refractivity contribution in [1.29, 1.82) is 0 Å². The van der Waals surface area contributed by atoms with Crippen LogP contribution in [-0.2, 0) is 6.42 Å². The molecule has 0 amide bonds. The zero-order chi connectivity index (χ0) is 14.1. The molecule has 1 aliphatic rings. The van der Waals surface area contributed by atoms with Crippen LogP contribution in [0.5, 0.6) is 0 Å². The van der Waals surface area contributed by atoms with E-state index in [4.69, 9.17) is 11.6 Å². The van der Waals surface area contributed by atoms with E-state index < -0.39 is 0 Å². The molecule has 1 nitrogen and oxygen atoms in total. The van der Waals surface area contributed by atoms with Gasteiger partial charge in [-0.3, -0.25) is 0 Å². The van der Waals surface area contributed by atoms with Crippen LogP contribution in [0, 0.1) is 6.92 Å². The number of fused-ring (bicyclic) bond motifs is 1. The van der Waals surface area contributed by atoms with Crippen molar-refractivity contribution in [1.82, 2.24) is 5.32 Å². The molecular formula is C18H20ClN. The quantitative estimate of drug-likeness (QED) is 0.826. The van der Waals surface area contributed by atoms with Crippen molar-refractivity contribution in [2.45, 2.75) is 32.2 Å². The molecule has 1 aliphatic carbocycles. The summed E-state index contributed by atoms with van der Waals surface area (Å²) in [6.45, 7) is 2.09. The molecule has 1 unspecified atom stereocenters. The van der Waals surface area contributed by atoms with E-state index >= 15 is 0 Å². The summed E-state index contributed by atoms with van der Waals surface area (Å²) in [5, 5.41) is 4.28. The highest BCUT2D eigenvalue weighted by Gasteiger charge is 2.19. The minimum Gasteiger partial charge on any atom is -0.313 e. The Morgan fingerprint density at radius 2 is 2.05 bits per heavy atom. The molecule has 0 saturated carbocycles. The Morgan fingerprint density at radius 3 is 2.85 bits per heavy atom. The Bertz CT molecular complexity index is 633. The lowest BCUT2D eigenvalue weighted by atomic mass is 9.85. The third-order valence-corrected chi connectivity index (χ3v) is 4.80. The highest BCUT2D eigenvalue weighted by molar-refractivity contribution is 6.31. The summed E-state index contributed by atoms with van der Waals surface area (Å²) >= 11 is 6.25. The van der Waals surface area contributed by atoms with Crippen LogP contribution >= 0.6 is 11.6 Å². The number of rotatable bonds is 2. The van der Waals surface area contributed by atoms with Gasteiger partial charge in [0.2, 0.25) is 0 Å². The van der Waals surface area contributed by atoms with E-state index in [0.29, 0.717) is 6.04 Å². The molecule has 1 atom stereocenters. The third kappa shape index (κ3) is 2.36. The van der Waals surface area contributed by atoms with Crippen molar-refractivity contribution in [3.05, 3.63) is 58.1 Å². The van der Waals surface area contributed by atoms with Gasteiger partial charge in [-0.25, -0.2) is 0 Å². The molecule has 0 heterocycles. The molecule has 0 aromatic heterocycles. The Morgan fingerprint density at radius 1 is 1.20 bits per heavy atom. The summed E-state index contributed by atoms with van der Waals surface area (Å²) in [5.74, 6) is 0. The highest BCUT2D eigenvalue weighted by atomic mass is 35.5. The molecule has 0 fully saturated rings. The monoisotopic (exact) mass is 285 g/mol. The maximum absolute atomic E-state index is 6.25. The minimum absolute atomic E-state index is 0.484. The normalized spacial score (nSPS) is 17.9. The third-order valence-electron chi connectivity index (χ3n) is 4.39. The molecule has 0 saturated heterocycles. The maximum Gasteiger partial charge on any atom is 0.0441 e. The van der Waals surface area contributed by atoms with E-state index in [9.17, 15) is 0 Å². The SMILES string of the molecule is CNC1CCCc2ccc(-c3cccc(Cl)c3C)cc21. The number of hydrogen-bond donors (Lipinski definition) is 1. The van der Waals surface area contributed by atoms with Gasteiger partial charge in [0.05, 0.1) is 0 Å². The summed E-state index contributed by atoms with van der Waals surface area (Å²) in [5.41, 5.74) is 6.60. The fourth-order valence-electron chi connectivity index (χ4n) is 3.19. The summed E-state index contributed by atoms with van der Waals surface area (Å²) in [6.07, 6.45) is 3.69. The van der Waals surface area contributed by atoms with Crippen LogP contribution in [-0.4, -0.2) is 7.05 Å². The molecule has 3 rings (SSSR count). The van der Waals surface area contributed by atoms with Crippen LogP contribution in [0.3, 0.4) is 0 Å². The number of nitrogens with one attached hydrogen (secondary N) is 1. The Hall–Kier alpha value is -1.31. The summed E-state index contributed by atoms with van der Waals surface area (Å²) in [4.78, 5) is 0. The van der Waals surface area contributed by atoms with E-state index in [2.05, 4.69) is 43.6 Å². The molecule has 0 aliphatic heterocycles. The highest BCUT2D eigenvalue weighted by Crippen LogP contribution is 2.35. The zero-order valence-corrected chi connectivity index (χ0v) is 12.8. The predicted octanol–water partition coefficient (Wildman–Crippen LogP) is 4.91. The predicted molar refractivity (Wildman–Crippen MR) is 86.4 cm³/mol. The van der Waals surface area contributed by atoms with Gasteiger partial charge >= 0.3 is 0 Å². The smallest absolute Gasteiger partial charge is 0.0441 e. The van der Waals surface area contributed by atoms with Crippen molar-refractivity contribution < 1.29 is 0 Å². The second kappa shape index (κ2) is 5.59. The first-order valence-electron chi connectivity index (χ1n) is 7.26. The molecule has 0 radical (unpaired) electrons. The van der Waals surface area contributed by atoms with Gasteiger partial charge in [0.15, 0.2) is 0 Å². The summed E-state index contributed by atoms with van der Waals surface area (Å²) < 4.78 is 0. The van der Waals surface area contributed by atoms with Crippen LogP contribution < -0.4 is 5.32 Å². The topological polar surface area (TPSA) is 12.0 Å². The lowest BCUT2D eigenvalue weighted by Gasteiger charge is -2.26. The van der Waals surface area contributed by atoms with E-state index in [1.807, 2.05) is 12.1 Å². The Labute approximate surface area is 126 Å². The van der Waals surface area contributed by atoms with Gasteiger partial charge in [-0.05, 0) is 73.2 Å². The molecule has 2 aromatic rings. The molecule has 0 spiro atoms. The number of benzene rings is 2. The molecule has 0 bridgehead atoms. The molecular weight excluding hydrogens is 266 g/mol. The molecule has 104 valence electrons. The number of halogens is 1. The average Bonchev–Trinajstić information content (AvgIpc) is 2.49. The van der Waals surface area contributed by atoms with Crippen molar-refractivity contribution in [3.8, 4) is 11.1 Å². The Balaban J connectivity index is 2.10. The molecule has 20 heavy (non-hydrogen) atoms. The molecule has 1 N–H and O–H groups in total. The van der Waals surface area contributed by atoms with Gasteiger partial charge in [0, 0.05) is 11.1 Å². The van der Waals surface area contributed by atoms with Crippen molar-refractivity contribution in [2.75, 3.05) is 7.05 Å². The van der Waals surface area contributed by atoms with Gasteiger partial charge in [0.25, 0.3) is 0 Å². The fourth-order valence-corrected chi connectivity index (χ4v) is 3.36. The van der Waals surface area contributed by atoms with E-state index in [0.717, 1.165) is 10.6 Å². The summed E-state index contributed by atoms with van der Waals surface area (Å²) in [7, 11) is 2.05. The van der Waals surface area contributed by atoms with E-state index in [-0.39, 0.29) is 0 Å². The van der Waals surface area contributed by atoms with Crippen molar-refractivity contribution in [3.63, 3.8) is 0 Å². The van der Waals surface area contributed by atoms with Crippen LogP contribution in [0.15, 0.2) is 36.4 Å². The van der Waals surface area contributed by atoms with E-state index in [1.165, 1.54) is 41.5 Å². The second-order valence-corrected chi connectivity index (χ2v) is 5.97. The van der Waals surface area contributed by atoms with Crippen LogP contribution in [0.25, 0.3) is 11.1 Å². The molecule has 2 aromatic carbocycles. The van der Waals surface area contributed by atoms with Gasteiger partial charge < -0.3 is 5.32 Å². The number of hydrogen-bond acceptors (Lipinski definition) is 1. The van der Waals surface area contributed by atoms with Crippen LogP contribution in [0.2, 0.25) is 5.02 Å². The average molecular weight is 286 g/mol. The standard InChI is InChI=1S/C18H20ClN/c1-12-15(6-4-7-17(12)19)14-10-9-13-5-3-8-18(20-2)16(13)11-14/h4,6-7,9-11,18,20H,3,5,8H2,1-2H3. The lowest BCUT2D eigenvalue weighted by Crippen LogP contribution is -2.21. The first-order valence-corrected chi connectivity index (χ1v) is 7.64. The fraction of sp³-hybridized carbons (Fsp3) is 0.333. The second-order valence-electron chi connectivity index (χ2n) is 5.56.